The highest BCUT2D eigenvalue weighted by Crippen LogP contribution is 2.50. The van der Waals surface area contributed by atoms with Crippen molar-refractivity contribution in [3.05, 3.63) is 11.6 Å². The van der Waals surface area contributed by atoms with Crippen molar-refractivity contribution in [1.29, 1.82) is 0 Å². The van der Waals surface area contributed by atoms with Gasteiger partial charge in [0.15, 0.2) is 0 Å². The second-order valence-corrected chi connectivity index (χ2v) is 4.44. The van der Waals surface area contributed by atoms with Crippen molar-refractivity contribution < 1.29 is 4.79 Å². The molecule has 0 unspecified atom stereocenters. The van der Waals surface area contributed by atoms with Crippen LogP contribution >= 0.6 is 0 Å². The monoisotopic (exact) mass is 180 g/mol. The summed E-state index contributed by atoms with van der Waals surface area (Å²) >= 11 is 0. The molecule has 0 aromatic carbocycles. The molecule has 0 aromatic heterocycles. The Kier molecular flexibility index (Phi) is 3.29. The Morgan fingerprint density at radius 1 is 1.38 bits per heavy atom. The van der Waals surface area contributed by atoms with Crippen molar-refractivity contribution in [2.24, 2.45) is 5.41 Å². The summed E-state index contributed by atoms with van der Waals surface area (Å²) in [4.78, 5) is 11.7. The lowest BCUT2D eigenvalue weighted by molar-refractivity contribution is -0.124. The van der Waals surface area contributed by atoms with Crippen LogP contribution in [0, 0.1) is 5.41 Å². The Balaban J connectivity index is 2.47. The van der Waals surface area contributed by atoms with Crippen molar-refractivity contribution in [3.63, 3.8) is 0 Å². The zero-order valence-electron chi connectivity index (χ0n) is 9.02. The summed E-state index contributed by atoms with van der Waals surface area (Å²) in [5.74, 6) is 0.493. The number of carbonyl (C=O) groups is 1. The van der Waals surface area contributed by atoms with E-state index in [2.05, 4.69) is 26.8 Å². The molecule has 0 amide bonds. The molecule has 0 aromatic rings. The number of hydrogen-bond acceptors (Lipinski definition) is 1. The van der Waals surface area contributed by atoms with Crippen LogP contribution in [-0.4, -0.2) is 5.78 Å². The summed E-state index contributed by atoms with van der Waals surface area (Å²) in [5.41, 5.74) is 1.41. The van der Waals surface area contributed by atoms with Crippen molar-refractivity contribution in [2.45, 2.75) is 52.9 Å². The standard InChI is InChI=1S/C12H20O/c1-4-5-11(13)12(8-9-12)7-6-10(2)3/h6H,4-5,7-9H2,1-3H3. The lowest BCUT2D eigenvalue weighted by atomic mass is 9.93. The smallest absolute Gasteiger partial charge is 0.139 e. The lowest BCUT2D eigenvalue weighted by Crippen LogP contribution is -2.14. The third-order valence-electron chi connectivity index (χ3n) is 2.82. The van der Waals surface area contributed by atoms with Gasteiger partial charge in [-0.15, -0.1) is 0 Å². The quantitative estimate of drug-likeness (QED) is 0.592. The maximum Gasteiger partial charge on any atom is 0.139 e. The zero-order chi connectivity index (χ0) is 9.90. The average molecular weight is 180 g/mol. The molecule has 13 heavy (non-hydrogen) atoms. The summed E-state index contributed by atoms with van der Waals surface area (Å²) in [7, 11) is 0. The van der Waals surface area contributed by atoms with Gasteiger partial charge in [-0.25, -0.2) is 0 Å². The van der Waals surface area contributed by atoms with Gasteiger partial charge in [0.05, 0.1) is 0 Å². The molecule has 0 atom stereocenters. The third kappa shape index (κ3) is 2.68. The highest BCUT2D eigenvalue weighted by molar-refractivity contribution is 5.87. The molecule has 0 aliphatic heterocycles. The van der Waals surface area contributed by atoms with Crippen LogP contribution in [0.3, 0.4) is 0 Å². The highest BCUT2D eigenvalue weighted by Gasteiger charge is 2.47. The van der Waals surface area contributed by atoms with Crippen LogP contribution < -0.4 is 0 Å². The largest absolute Gasteiger partial charge is 0.299 e. The zero-order valence-corrected chi connectivity index (χ0v) is 9.02. The van der Waals surface area contributed by atoms with Gasteiger partial charge in [-0.1, -0.05) is 18.6 Å². The fourth-order valence-corrected chi connectivity index (χ4v) is 1.64. The first-order chi connectivity index (χ1) is 6.10. The van der Waals surface area contributed by atoms with E-state index >= 15 is 0 Å². The van der Waals surface area contributed by atoms with Gasteiger partial charge < -0.3 is 0 Å². The molecular formula is C12H20O. The summed E-state index contributed by atoms with van der Waals surface area (Å²) in [6, 6.07) is 0. The van der Waals surface area contributed by atoms with E-state index in [1.807, 2.05) is 0 Å². The predicted molar refractivity (Wildman–Crippen MR) is 55.6 cm³/mol. The van der Waals surface area contributed by atoms with Gasteiger partial charge in [0.25, 0.3) is 0 Å². The molecule has 0 spiro atoms. The molecule has 1 rings (SSSR count). The SMILES string of the molecule is CCCC(=O)C1(CC=C(C)C)CC1. The molecule has 0 N–H and O–H groups in total. The number of ketones is 1. The van der Waals surface area contributed by atoms with Crippen LogP contribution in [0.1, 0.15) is 52.9 Å². The van der Waals surface area contributed by atoms with Crippen LogP contribution in [0.2, 0.25) is 0 Å². The second-order valence-electron chi connectivity index (χ2n) is 4.44. The van der Waals surface area contributed by atoms with Gasteiger partial charge in [0.1, 0.15) is 5.78 Å². The van der Waals surface area contributed by atoms with Crippen molar-refractivity contribution in [3.8, 4) is 0 Å². The van der Waals surface area contributed by atoms with Crippen LogP contribution in [0.15, 0.2) is 11.6 Å². The Labute approximate surface area is 81.2 Å². The van der Waals surface area contributed by atoms with E-state index in [0.29, 0.717) is 5.78 Å². The van der Waals surface area contributed by atoms with E-state index < -0.39 is 0 Å². The van der Waals surface area contributed by atoms with E-state index in [4.69, 9.17) is 0 Å². The highest BCUT2D eigenvalue weighted by atomic mass is 16.1. The summed E-state index contributed by atoms with van der Waals surface area (Å²) in [6.45, 7) is 6.27. The first-order valence-electron chi connectivity index (χ1n) is 5.27. The van der Waals surface area contributed by atoms with Gasteiger partial charge in [-0.3, -0.25) is 4.79 Å². The van der Waals surface area contributed by atoms with Crippen molar-refractivity contribution in [1.82, 2.24) is 0 Å². The maximum absolute atomic E-state index is 11.7. The Morgan fingerprint density at radius 2 is 2.00 bits per heavy atom. The van der Waals surface area contributed by atoms with Gasteiger partial charge in [0, 0.05) is 11.8 Å². The van der Waals surface area contributed by atoms with Crippen LogP contribution in [0.25, 0.3) is 0 Å². The fraction of sp³-hybridized carbons (Fsp3) is 0.750. The summed E-state index contributed by atoms with van der Waals surface area (Å²) in [6.07, 6.45) is 7.20. The Hall–Kier alpha value is -0.590. The second kappa shape index (κ2) is 4.08. The maximum atomic E-state index is 11.7. The molecule has 74 valence electrons. The number of rotatable bonds is 5. The molecule has 1 fully saturated rings. The third-order valence-corrected chi connectivity index (χ3v) is 2.82. The van der Waals surface area contributed by atoms with E-state index in [-0.39, 0.29) is 5.41 Å². The van der Waals surface area contributed by atoms with Gasteiger partial charge in [-0.2, -0.15) is 0 Å². The minimum Gasteiger partial charge on any atom is -0.299 e. The molecule has 0 radical (unpaired) electrons. The summed E-state index contributed by atoms with van der Waals surface area (Å²) < 4.78 is 0. The molecule has 1 saturated carbocycles. The van der Waals surface area contributed by atoms with Crippen LogP contribution in [0.5, 0.6) is 0 Å². The Bertz CT molecular complexity index is 217. The first-order valence-corrected chi connectivity index (χ1v) is 5.27. The Morgan fingerprint density at radius 3 is 2.38 bits per heavy atom. The number of carbonyl (C=O) groups excluding carboxylic acids is 1. The summed E-state index contributed by atoms with van der Waals surface area (Å²) in [5, 5.41) is 0. The lowest BCUT2D eigenvalue weighted by Gasteiger charge is -2.10. The van der Waals surface area contributed by atoms with Crippen molar-refractivity contribution >= 4 is 5.78 Å². The average Bonchev–Trinajstić information content (AvgIpc) is 2.82. The van der Waals surface area contributed by atoms with E-state index in [1.54, 1.807) is 0 Å². The van der Waals surface area contributed by atoms with Gasteiger partial charge in [0.2, 0.25) is 0 Å². The number of Topliss-reactive ketones (excluding diaryl/α,β-unsaturated/α-hetero) is 1. The van der Waals surface area contributed by atoms with Gasteiger partial charge >= 0.3 is 0 Å². The normalized spacial score (nSPS) is 18.1. The van der Waals surface area contributed by atoms with Crippen molar-refractivity contribution in [2.75, 3.05) is 0 Å². The number of allylic oxidation sites excluding steroid dienone is 2. The minimum atomic E-state index is 0.0767. The minimum absolute atomic E-state index is 0.0767. The molecule has 0 saturated heterocycles. The van der Waals surface area contributed by atoms with E-state index in [0.717, 1.165) is 32.1 Å². The molecule has 1 aliphatic carbocycles. The predicted octanol–water partition coefficient (Wildman–Crippen LogP) is 3.49. The molecular weight excluding hydrogens is 160 g/mol. The molecule has 0 heterocycles. The van der Waals surface area contributed by atoms with Crippen LogP contribution in [0.4, 0.5) is 0 Å². The van der Waals surface area contributed by atoms with Crippen LogP contribution in [-0.2, 0) is 4.79 Å². The molecule has 1 aliphatic rings. The van der Waals surface area contributed by atoms with Gasteiger partial charge in [-0.05, 0) is 39.5 Å². The molecule has 1 heteroatoms. The topological polar surface area (TPSA) is 17.1 Å². The number of hydrogen-bond donors (Lipinski definition) is 0. The van der Waals surface area contributed by atoms with E-state index in [9.17, 15) is 4.79 Å². The first kappa shape index (κ1) is 10.5. The fourth-order valence-electron chi connectivity index (χ4n) is 1.64. The van der Waals surface area contributed by atoms with E-state index in [1.165, 1.54) is 5.57 Å². The molecule has 1 nitrogen and oxygen atoms in total. The molecule has 0 bridgehead atoms.